The van der Waals surface area contributed by atoms with Crippen molar-refractivity contribution in [1.82, 2.24) is 0 Å². The Hall–Kier alpha value is -1.30. The smallest absolute Gasteiger partial charge is 0.345 e. The van der Waals surface area contributed by atoms with E-state index in [1.54, 1.807) is 0 Å². The van der Waals surface area contributed by atoms with E-state index in [9.17, 15) is 14.3 Å². The zero-order valence-electron chi connectivity index (χ0n) is 8.62. The molecule has 1 atom stereocenters. The van der Waals surface area contributed by atoms with Crippen molar-refractivity contribution in [3.63, 3.8) is 0 Å². The lowest BCUT2D eigenvalue weighted by Gasteiger charge is -2.18. The molecule has 0 aromatic heterocycles. The minimum Gasteiger partial charge on any atom is -0.504 e. The number of rotatable bonds is 3. The molecule has 0 spiro atoms. The predicted molar refractivity (Wildman–Crippen MR) is 58.5 cm³/mol. The number of phenols is 1. The minimum absolute atomic E-state index is 0.136. The van der Waals surface area contributed by atoms with Crippen LogP contribution in [0.25, 0.3) is 0 Å². The second-order valence-electron chi connectivity index (χ2n) is 3.31. The van der Waals surface area contributed by atoms with Crippen molar-refractivity contribution in [2.24, 2.45) is 0 Å². The molecule has 2 N–H and O–H groups in total. The summed E-state index contributed by atoms with van der Waals surface area (Å²) in [6.45, 7) is 0.904. The normalized spacial score (nSPS) is 14.2. The molecule has 0 saturated heterocycles. The van der Waals surface area contributed by atoms with Gasteiger partial charge >= 0.3 is 5.97 Å². The molecule has 0 fully saturated rings. The molecule has 1 aromatic rings. The summed E-state index contributed by atoms with van der Waals surface area (Å²) in [6, 6.07) is 2.34. The lowest BCUT2D eigenvalue weighted by atomic mass is 9.98. The molecule has 16 heavy (non-hydrogen) atoms. The molecule has 0 aliphatic rings. The van der Waals surface area contributed by atoms with Gasteiger partial charge in [0, 0.05) is 10.0 Å². The van der Waals surface area contributed by atoms with Crippen molar-refractivity contribution in [2.45, 2.75) is 12.6 Å². The van der Waals surface area contributed by atoms with Gasteiger partial charge in [0.05, 0.1) is 7.11 Å². The number of phenolic OH excluding ortho intramolecular Hbond substituents is 1. The first-order valence-electron chi connectivity index (χ1n) is 4.30. The topological polar surface area (TPSA) is 66.8 Å². The average Bonchev–Trinajstić information content (AvgIpc) is 2.20. The number of carboxylic acid groups (broad SMARTS) is 1. The fourth-order valence-electron chi connectivity index (χ4n) is 1.18. The molecule has 4 nitrogen and oxygen atoms in total. The molecular weight excluding hydrogens is 283 g/mol. The second-order valence-corrected chi connectivity index (χ2v) is 4.17. The van der Waals surface area contributed by atoms with Gasteiger partial charge in [0.15, 0.2) is 11.5 Å². The van der Waals surface area contributed by atoms with E-state index in [0.29, 0.717) is 0 Å². The summed E-state index contributed by atoms with van der Waals surface area (Å²) in [5.74, 6) is -1.81. The zero-order valence-corrected chi connectivity index (χ0v) is 10.2. The molecule has 1 rings (SSSR count). The Bertz CT molecular complexity index is 431. The van der Waals surface area contributed by atoms with Crippen LogP contribution in [-0.4, -0.2) is 23.3 Å². The summed E-state index contributed by atoms with van der Waals surface area (Å²) in [4.78, 5) is 10.7. The Morgan fingerprint density at radius 3 is 2.56 bits per heavy atom. The molecule has 88 valence electrons. The van der Waals surface area contributed by atoms with Crippen molar-refractivity contribution >= 4 is 21.9 Å². The van der Waals surface area contributed by atoms with Gasteiger partial charge in [0.2, 0.25) is 5.67 Å². The van der Waals surface area contributed by atoms with Crippen LogP contribution in [0.5, 0.6) is 11.5 Å². The first-order valence-corrected chi connectivity index (χ1v) is 5.09. The molecule has 0 bridgehead atoms. The number of carboxylic acids is 1. The van der Waals surface area contributed by atoms with Gasteiger partial charge in [0.1, 0.15) is 0 Å². The maximum atomic E-state index is 13.8. The zero-order chi connectivity index (χ0) is 12.5. The number of halogens is 2. The van der Waals surface area contributed by atoms with Crippen LogP contribution in [0.3, 0.4) is 0 Å². The third-order valence-corrected chi connectivity index (χ3v) is 2.83. The Labute approximate surface area is 99.8 Å². The second kappa shape index (κ2) is 4.29. The average molecular weight is 293 g/mol. The molecular formula is C10H10BrFO4. The lowest BCUT2D eigenvalue weighted by molar-refractivity contribution is -0.150. The van der Waals surface area contributed by atoms with Crippen LogP contribution in [0.1, 0.15) is 12.5 Å². The van der Waals surface area contributed by atoms with Crippen LogP contribution in [0, 0.1) is 0 Å². The van der Waals surface area contributed by atoms with Crippen LogP contribution in [0.2, 0.25) is 0 Å². The minimum atomic E-state index is -2.58. The van der Waals surface area contributed by atoms with Crippen molar-refractivity contribution in [2.75, 3.05) is 7.11 Å². The van der Waals surface area contributed by atoms with Crippen LogP contribution in [-0.2, 0) is 10.5 Å². The van der Waals surface area contributed by atoms with Gasteiger partial charge in [-0.15, -0.1) is 0 Å². The third kappa shape index (κ3) is 2.11. The number of carbonyl (C=O) groups is 1. The summed E-state index contributed by atoms with van der Waals surface area (Å²) in [5, 5.41) is 18.2. The molecule has 0 heterocycles. The Kier molecular flexibility index (Phi) is 3.42. The van der Waals surface area contributed by atoms with Gasteiger partial charge in [-0.05, 0) is 19.1 Å². The van der Waals surface area contributed by atoms with Crippen LogP contribution >= 0.6 is 15.9 Å². The van der Waals surface area contributed by atoms with E-state index >= 15 is 0 Å². The Morgan fingerprint density at radius 1 is 1.56 bits per heavy atom. The quantitative estimate of drug-likeness (QED) is 0.898. The van der Waals surface area contributed by atoms with E-state index in [2.05, 4.69) is 15.9 Å². The number of aromatic hydroxyl groups is 1. The highest BCUT2D eigenvalue weighted by Gasteiger charge is 2.37. The summed E-state index contributed by atoms with van der Waals surface area (Å²) in [6.07, 6.45) is 0. The SMILES string of the molecule is COc1cc(Br)c(C(C)(F)C(=O)O)cc1O. The first kappa shape index (κ1) is 12.8. The van der Waals surface area contributed by atoms with E-state index in [1.165, 1.54) is 13.2 Å². The summed E-state index contributed by atoms with van der Waals surface area (Å²) < 4.78 is 18.9. The van der Waals surface area contributed by atoms with Crippen molar-refractivity contribution in [3.8, 4) is 11.5 Å². The third-order valence-electron chi connectivity index (χ3n) is 2.18. The number of methoxy groups -OCH3 is 1. The van der Waals surface area contributed by atoms with E-state index in [0.717, 1.165) is 13.0 Å². The molecule has 1 aromatic carbocycles. The van der Waals surface area contributed by atoms with Crippen molar-refractivity contribution in [3.05, 3.63) is 22.2 Å². The van der Waals surface area contributed by atoms with Crippen molar-refractivity contribution in [1.29, 1.82) is 0 Å². The highest BCUT2D eigenvalue weighted by Crippen LogP contribution is 2.39. The van der Waals surface area contributed by atoms with E-state index in [-0.39, 0.29) is 21.5 Å². The Morgan fingerprint density at radius 2 is 2.12 bits per heavy atom. The lowest BCUT2D eigenvalue weighted by Crippen LogP contribution is -2.27. The predicted octanol–water partition coefficient (Wildman–Crippen LogP) is 2.43. The summed E-state index contributed by atoms with van der Waals surface area (Å²) in [7, 11) is 1.34. The fraction of sp³-hybridized carbons (Fsp3) is 0.300. The van der Waals surface area contributed by atoms with Gasteiger partial charge in [-0.25, -0.2) is 9.18 Å². The van der Waals surface area contributed by atoms with Gasteiger partial charge in [-0.3, -0.25) is 0 Å². The number of benzene rings is 1. The summed E-state index contributed by atoms with van der Waals surface area (Å²) in [5.41, 5.74) is -2.75. The standard InChI is InChI=1S/C10H10BrFO4/c1-10(12,9(14)15)5-3-7(13)8(16-2)4-6(5)11/h3-4,13H,1-2H3,(H,14,15). The number of aliphatic carboxylic acids is 1. The largest absolute Gasteiger partial charge is 0.504 e. The number of ether oxygens (including phenoxy) is 1. The van der Waals surface area contributed by atoms with E-state index < -0.39 is 11.6 Å². The van der Waals surface area contributed by atoms with Crippen LogP contribution < -0.4 is 4.74 Å². The highest BCUT2D eigenvalue weighted by atomic mass is 79.9. The molecule has 6 heteroatoms. The summed E-state index contributed by atoms with van der Waals surface area (Å²) >= 11 is 3.03. The van der Waals surface area contributed by atoms with Crippen molar-refractivity contribution < 1.29 is 24.1 Å². The Balaban J connectivity index is 3.37. The fourth-order valence-corrected chi connectivity index (χ4v) is 1.88. The molecule has 0 amide bonds. The highest BCUT2D eigenvalue weighted by molar-refractivity contribution is 9.10. The maximum Gasteiger partial charge on any atom is 0.345 e. The van der Waals surface area contributed by atoms with Gasteiger partial charge in [-0.2, -0.15) is 0 Å². The van der Waals surface area contributed by atoms with Gasteiger partial charge in [-0.1, -0.05) is 15.9 Å². The molecule has 0 radical (unpaired) electrons. The molecule has 1 unspecified atom stereocenters. The monoisotopic (exact) mass is 292 g/mol. The first-order chi connectivity index (χ1) is 7.30. The van der Waals surface area contributed by atoms with Crippen LogP contribution in [0.4, 0.5) is 4.39 Å². The number of hydrogen-bond donors (Lipinski definition) is 2. The maximum absolute atomic E-state index is 13.8. The molecule has 0 aliphatic heterocycles. The van der Waals surface area contributed by atoms with E-state index in [4.69, 9.17) is 9.84 Å². The molecule has 0 saturated carbocycles. The van der Waals surface area contributed by atoms with E-state index in [1.807, 2.05) is 0 Å². The van der Waals surface area contributed by atoms with Crippen LogP contribution in [0.15, 0.2) is 16.6 Å². The molecule has 0 aliphatic carbocycles. The van der Waals surface area contributed by atoms with Gasteiger partial charge in [0.25, 0.3) is 0 Å². The number of hydrogen-bond acceptors (Lipinski definition) is 3. The number of alkyl halides is 1. The van der Waals surface area contributed by atoms with Gasteiger partial charge < -0.3 is 14.9 Å².